The number of amides is 3. The van der Waals surface area contributed by atoms with E-state index in [1.54, 1.807) is 26.2 Å². The van der Waals surface area contributed by atoms with Crippen LogP contribution in [0.25, 0.3) is 11.3 Å². The second kappa shape index (κ2) is 8.70. The Labute approximate surface area is 189 Å². The number of nitrogens with one attached hydrogen (secondary N) is 2. The molecule has 33 heavy (non-hydrogen) atoms. The molecule has 2 N–H and O–H groups in total. The van der Waals surface area contributed by atoms with E-state index in [1.807, 2.05) is 19.1 Å². The van der Waals surface area contributed by atoms with Crippen LogP contribution in [-0.4, -0.2) is 33.7 Å². The zero-order valence-corrected chi connectivity index (χ0v) is 18.3. The summed E-state index contributed by atoms with van der Waals surface area (Å²) in [5.41, 5.74) is 3.36. The van der Waals surface area contributed by atoms with Crippen molar-refractivity contribution in [3.63, 3.8) is 0 Å². The molecule has 2 heterocycles. The van der Waals surface area contributed by atoms with Crippen molar-refractivity contribution in [2.45, 2.75) is 13.0 Å². The number of carbonyl (C=O) groups excluding carboxylic acids is 2. The van der Waals surface area contributed by atoms with Gasteiger partial charge in [0.05, 0.1) is 17.3 Å². The zero-order chi connectivity index (χ0) is 23.7. The Hall–Kier alpha value is -4.27. The molecule has 0 saturated carbocycles. The minimum atomic E-state index is -0.733. The highest BCUT2D eigenvalue weighted by atomic mass is 19.1. The number of rotatable bonds is 4. The summed E-state index contributed by atoms with van der Waals surface area (Å²) in [6.45, 7) is 1.86. The molecule has 0 aliphatic carbocycles. The summed E-state index contributed by atoms with van der Waals surface area (Å²) in [6, 6.07) is 13.0. The van der Waals surface area contributed by atoms with Gasteiger partial charge in [-0.15, -0.1) is 0 Å². The van der Waals surface area contributed by atoms with Crippen molar-refractivity contribution < 1.29 is 14.0 Å². The third kappa shape index (κ3) is 4.52. The Morgan fingerprint density at radius 2 is 1.79 bits per heavy atom. The number of anilines is 1. The lowest BCUT2D eigenvalue weighted by molar-refractivity contribution is -0.113. The Morgan fingerprint density at radius 3 is 2.48 bits per heavy atom. The second-order valence-corrected chi connectivity index (χ2v) is 7.79. The highest BCUT2D eigenvalue weighted by Gasteiger charge is 2.30. The van der Waals surface area contributed by atoms with Crippen LogP contribution in [-0.2, 0) is 11.8 Å². The lowest BCUT2D eigenvalue weighted by Crippen LogP contribution is -2.44. The van der Waals surface area contributed by atoms with Crippen LogP contribution in [0.5, 0.6) is 0 Å². The summed E-state index contributed by atoms with van der Waals surface area (Å²) >= 11 is 0. The van der Waals surface area contributed by atoms with E-state index in [9.17, 15) is 18.8 Å². The van der Waals surface area contributed by atoms with Gasteiger partial charge in [0.15, 0.2) is 0 Å². The Bertz CT molecular complexity index is 1330. The largest absolute Gasteiger partial charge is 0.327 e. The van der Waals surface area contributed by atoms with Crippen LogP contribution in [0.15, 0.2) is 71.2 Å². The third-order valence-electron chi connectivity index (χ3n) is 5.44. The predicted molar refractivity (Wildman–Crippen MR) is 122 cm³/mol. The second-order valence-electron chi connectivity index (χ2n) is 7.79. The van der Waals surface area contributed by atoms with Gasteiger partial charge in [-0.05, 0) is 42.3 Å². The monoisotopic (exact) mass is 447 g/mol. The van der Waals surface area contributed by atoms with Gasteiger partial charge >= 0.3 is 6.03 Å². The molecule has 1 atom stereocenters. The van der Waals surface area contributed by atoms with Gasteiger partial charge in [0.1, 0.15) is 5.82 Å². The number of hydrogen-bond acceptors (Lipinski definition) is 4. The number of nitrogens with zero attached hydrogens (tertiary/aromatic N) is 3. The van der Waals surface area contributed by atoms with E-state index < -0.39 is 17.8 Å². The molecule has 1 aromatic heterocycles. The van der Waals surface area contributed by atoms with Crippen molar-refractivity contribution in [3.8, 4) is 11.3 Å². The molecule has 8 nitrogen and oxygen atoms in total. The molecule has 9 heteroatoms. The summed E-state index contributed by atoms with van der Waals surface area (Å²) in [6.07, 6.45) is 1.47. The van der Waals surface area contributed by atoms with Crippen molar-refractivity contribution in [1.29, 1.82) is 0 Å². The average Bonchev–Trinajstić information content (AvgIpc) is 2.79. The van der Waals surface area contributed by atoms with E-state index in [0.29, 0.717) is 22.5 Å². The quantitative estimate of drug-likeness (QED) is 0.642. The molecule has 168 valence electrons. The van der Waals surface area contributed by atoms with Gasteiger partial charge < -0.3 is 15.5 Å². The van der Waals surface area contributed by atoms with Gasteiger partial charge in [0.25, 0.3) is 11.5 Å². The summed E-state index contributed by atoms with van der Waals surface area (Å²) in [5, 5.41) is 9.94. The van der Waals surface area contributed by atoms with Crippen LogP contribution in [0.3, 0.4) is 0 Å². The van der Waals surface area contributed by atoms with Crippen molar-refractivity contribution >= 4 is 17.6 Å². The number of hydrogen-bond donors (Lipinski definition) is 2. The molecule has 1 aliphatic heterocycles. The molecular weight excluding hydrogens is 425 g/mol. The maximum Gasteiger partial charge on any atom is 0.321 e. The van der Waals surface area contributed by atoms with Crippen LogP contribution in [0.4, 0.5) is 14.9 Å². The summed E-state index contributed by atoms with van der Waals surface area (Å²) in [5.74, 6) is -0.822. The van der Waals surface area contributed by atoms with Crippen molar-refractivity contribution in [2.24, 2.45) is 7.05 Å². The summed E-state index contributed by atoms with van der Waals surface area (Å²) < 4.78 is 14.6. The molecule has 0 saturated heterocycles. The molecule has 0 radical (unpaired) electrons. The van der Waals surface area contributed by atoms with Crippen molar-refractivity contribution in [2.75, 3.05) is 12.4 Å². The fraction of sp³-hybridized carbons (Fsp3) is 0.167. The molecule has 4 rings (SSSR count). The number of carbonyl (C=O) groups is 2. The number of aromatic nitrogens is 2. The van der Waals surface area contributed by atoms with Gasteiger partial charge in [0, 0.05) is 37.6 Å². The summed E-state index contributed by atoms with van der Waals surface area (Å²) in [4.78, 5) is 38.4. The Morgan fingerprint density at radius 1 is 1.06 bits per heavy atom. The first kappa shape index (κ1) is 21.9. The normalized spacial score (nSPS) is 15.6. The van der Waals surface area contributed by atoms with Gasteiger partial charge in [-0.3, -0.25) is 9.59 Å². The lowest BCUT2D eigenvalue weighted by Gasteiger charge is -2.30. The molecule has 0 bridgehead atoms. The smallest absolute Gasteiger partial charge is 0.321 e. The number of benzene rings is 2. The molecule has 3 amide bonds. The minimum Gasteiger partial charge on any atom is -0.327 e. The van der Waals surface area contributed by atoms with Crippen LogP contribution >= 0.6 is 0 Å². The maximum atomic E-state index is 13.4. The van der Waals surface area contributed by atoms with E-state index in [-0.39, 0.29) is 11.6 Å². The Balaban J connectivity index is 1.66. The van der Waals surface area contributed by atoms with Crippen LogP contribution in [0, 0.1) is 12.7 Å². The topological polar surface area (TPSA) is 96.3 Å². The molecule has 3 aromatic rings. The number of urea groups is 1. The van der Waals surface area contributed by atoms with Crippen LogP contribution < -0.4 is 16.2 Å². The van der Waals surface area contributed by atoms with Gasteiger partial charge in [0.2, 0.25) is 0 Å². The number of halogens is 1. The van der Waals surface area contributed by atoms with Gasteiger partial charge in [-0.1, -0.05) is 24.3 Å². The number of aryl methyl sites for hydroxylation is 2. The maximum absolute atomic E-state index is 13.4. The van der Waals surface area contributed by atoms with E-state index in [2.05, 4.69) is 15.7 Å². The van der Waals surface area contributed by atoms with E-state index in [1.165, 1.54) is 46.1 Å². The molecule has 0 spiro atoms. The molecule has 1 unspecified atom stereocenters. The van der Waals surface area contributed by atoms with Gasteiger partial charge in [-0.25, -0.2) is 13.9 Å². The van der Waals surface area contributed by atoms with Crippen LogP contribution in [0.2, 0.25) is 0 Å². The van der Waals surface area contributed by atoms with E-state index in [4.69, 9.17) is 0 Å². The summed E-state index contributed by atoms with van der Waals surface area (Å²) in [7, 11) is 3.11. The molecule has 1 aliphatic rings. The average molecular weight is 447 g/mol. The molecule has 2 aromatic carbocycles. The lowest BCUT2D eigenvalue weighted by atomic mass is 9.97. The first-order valence-corrected chi connectivity index (χ1v) is 10.2. The Kier molecular flexibility index (Phi) is 5.78. The fourth-order valence-corrected chi connectivity index (χ4v) is 3.52. The minimum absolute atomic E-state index is 0.221. The highest BCUT2D eigenvalue weighted by molar-refractivity contribution is 6.06. The first-order valence-electron chi connectivity index (χ1n) is 10.2. The zero-order valence-electron chi connectivity index (χ0n) is 18.3. The van der Waals surface area contributed by atoms with E-state index >= 15 is 0 Å². The van der Waals surface area contributed by atoms with Crippen LogP contribution in [0.1, 0.15) is 17.2 Å². The predicted octanol–water partition coefficient (Wildman–Crippen LogP) is 3.11. The first-order chi connectivity index (χ1) is 15.7. The van der Waals surface area contributed by atoms with Gasteiger partial charge in [-0.2, -0.15) is 5.10 Å². The molecule has 0 fully saturated rings. The van der Waals surface area contributed by atoms with Crippen molar-refractivity contribution in [3.05, 3.63) is 93.7 Å². The highest BCUT2D eigenvalue weighted by Crippen LogP contribution is 2.29. The SMILES string of the molecule is Cc1ccc(-c2ccc(=O)n(C)n2)cc1NC(=O)C1=CN(C)C(=O)NC1c1ccc(F)cc1. The molecular formula is C24H22FN5O3. The van der Waals surface area contributed by atoms with E-state index in [0.717, 1.165) is 11.1 Å². The standard InChI is InChI=1S/C24H22FN5O3/c1-14-4-5-16(19-10-11-21(31)30(3)28-19)12-20(14)26-23(32)18-13-29(2)24(33)27-22(18)15-6-8-17(25)9-7-15/h4-13,22H,1-3H3,(H,26,32)(H,27,33). The fourth-order valence-electron chi connectivity index (χ4n) is 3.52. The third-order valence-corrected chi connectivity index (χ3v) is 5.44. The van der Waals surface area contributed by atoms with Crippen molar-refractivity contribution in [1.82, 2.24) is 20.0 Å².